The maximum Gasteiger partial charge on any atom is 0.323 e. The van der Waals surface area contributed by atoms with Crippen molar-refractivity contribution in [2.24, 2.45) is 0 Å². The Kier molecular flexibility index (Phi) is 7.14. The van der Waals surface area contributed by atoms with E-state index < -0.39 is 18.4 Å². The first-order valence-electron chi connectivity index (χ1n) is 8.06. The fraction of sp³-hybridized carbons (Fsp3) is 0.389. The van der Waals surface area contributed by atoms with Gasteiger partial charge in [-0.2, -0.15) is 0 Å². The van der Waals surface area contributed by atoms with Crippen LogP contribution in [0.25, 0.3) is 0 Å². The van der Waals surface area contributed by atoms with Crippen molar-refractivity contribution < 1.29 is 28.9 Å². The first kappa shape index (κ1) is 20.7. The minimum atomic E-state index is -1.10. The number of hydrogen-bond acceptors (Lipinski definition) is 7. The zero-order valence-electron chi connectivity index (χ0n) is 15.6. The lowest BCUT2D eigenvalue weighted by molar-refractivity contribution is -0.137. The number of thiazole rings is 1. The van der Waals surface area contributed by atoms with E-state index in [1.807, 2.05) is 0 Å². The third kappa shape index (κ3) is 5.41. The predicted molar refractivity (Wildman–Crippen MR) is 99.5 cm³/mol. The second kappa shape index (κ2) is 9.33. The highest BCUT2D eigenvalue weighted by atomic mass is 32.1. The predicted octanol–water partition coefficient (Wildman–Crippen LogP) is 2.34. The van der Waals surface area contributed by atoms with Crippen LogP contribution >= 0.6 is 11.3 Å². The molecule has 0 saturated carbocycles. The first-order valence-corrected chi connectivity index (χ1v) is 8.87. The lowest BCUT2D eigenvalue weighted by Crippen LogP contribution is -2.35. The van der Waals surface area contributed by atoms with Crippen molar-refractivity contribution in [2.45, 2.75) is 20.1 Å². The van der Waals surface area contributed by atoms with Crippen molar-refractivity contribution in [2.75, 3.05) is 27.9 Å². The molecule has 9 heteroatoms. The topological polar surface area (TPSA) is 98.2 Å². The Labute approximate surface area is 161 Å². The summed E-state index contributed by atoms with van der Waals surface area (Å²) >= 11 is 1.20. The fourth-order valence-electron chi connectivity index (χ4n) is 2.52. The summed E-state index contributed by atoms with van der Waals surface area (Å²) < 4.78 is 15.5. The number of aromatic nitrogens is 1. The number of amides is 1. The average molecular weight is 394 g/mol. The third-order valence-corrected chi connectivity index (χ3v) is 4.82. The molecule has 1 N–H and O–H groups in total. The van der Waals surface area contributed by atoms with E-state index >= 15 is 0 Å². The molecule has 8 nitrogen and oxygen atoms in total. The van der Waals surface area contributed by atoms with E-state index in [-0.39, 0.29) is 6.54 Å². The van der Waals surface area contributed by atoms with Crippen LogP contribution in [-0.4, -0.2) is 54.7 Å². The lowest BCUT2D eigenvalue weighted by Gasteiger charge is -2.21. The molecule has 0 aliphatic rings. The molecule has 1 amide bonds. The number of carbonyl (C=O) groups is 2. The highest BCUT2D eigenvalue weighted by molar-refractivity contribution is 7.13. The van der Waals surface area contributed by atoms with Crippen LogP contribution in [0, 0.1) is 6.92 Å². The molecule has 0 saturated heterocycles. The van der Waals surface area contributed by atoms with Gasteiger partial charge in [-0.05, 0) is 24.6 Å². The van der Waals surface area contributed by atoms with Crippen molar-refractivity contribution in [1.82, 2.24) is 9.88 Å². The van der Waals surface area contributed by atoms with Gasteiger partial charge in [0.15, 0.2) is 0 Å². The number of aryl methyl sites for hydroxylation is 1. The highest BCUT2D eigenvalue weighted by Crippen LogP contribution is 2.25. The van der Waals surface area contributed by atoms with Gasteiger partial charge in [0.25, 0.3) is 5.91 Å². The van der Waals surface area contributed by atoms with E-state index in [1.54, 1.807) is 32.2 Å². The van der Waals surface area contributed by atoms with Crippen LogP contribution in [0.4, 0.5) is 0 Å². The van der Waals surface area contributed by atoms with Crippen LogP contribution in [0.1, 0.15) is 25.9 Å². The van der Waals surface area contributed by atoms with Crippen molar-refractivity contribution in [3.8, 4) is 11.5 Å². The van der Waals surface area contributed by atoms with Crippen LogP contribution in [0.15, 0.2) is 18.2 Å². The van der Waals surface area contributed by atoms with Gasteiger partial charge in [0.05, 0.1) is 26.5 Å². The van der Waals surface area contributed by atoms with Gasteiger partial charge in [-0.3, -0.25) is 9.59 Å². The van der Waals surface area contributed by atoms with Crippen LogP contribution in [-0.2, 0) is 22.7 Å². The largest absolute Gasteiger partial charge is 0.497 e. The zero-order chi connectivity index (χ0) is 20.0. The van der Waals surface area contributed by atoms with Gasteiger partial charge in [0.2, 0.25) is 0 Å². The smallest absolute Gasteiger partial charge is 0.323 e. The summed E-state index contributed by atoms with van der Waals surface area (Å²) in [6.45, 7) is 1.67. The fourth-order valence-corrected chi connectivity index (χ4v) is 3.53. The summed E-state index contributed by atoms with van der Waals surface area (Å²) in [6, 6.07) is 5.18. The van der Waals surface area contributed by atoms with Crippen molar-refractivity contribution >= 4 is 23.2 Å². The Morgan fingerprint density at radius 2 is 1.78 bits per heavy atom. The van der Waals surface area contributed by atoms with E-state index in [0.717, 1.165) is 0 Å². The van der Waals surface area contributed by atoms with Crippen molar-refractivity contribution in [3.05, 3.63) is 39.3 Å². The molecule has 146 valence electrons. The molecule has 2 rings (SSSR count). The number of benzene rings is 1. The van der Waals surface area contributed by atoms with Gasteiger partial charge >= 0.3 is 5.97 Å². The van der Waals surface area contributed by atoms with E-state index in [1.165, 1.54) is 30.5 Å². The summed E-state index contributed by atoms with van der Waals surface area (Å²) in [6.07, 6.45) is 0. The Morgan fingerprint density at radius 3 is 2.30 bits per heavy atom. The molecule has 0 atom stereocenters. The van der Waals surface area contributed by atoms with Gasteiger partial charge in [0, 0.05) is 19.7 Å². The molecule has 0 radical (unpaired) electrons. The van der Waals surface area contributed by atoms with Gasteiger partial charge in [0.1, 0.15) is 27.9 Å². The molecule has 0 aliphatic heterocycles. The number of rotatable bonds is 9. The molecule has 2 aromatic rings. The van der Waals surface area contributed by atoms with Crippen LogP contribution < -0.4 is 9.47 Å². The summed E-state index contributed by atoms with van der Waals surface area (Å²) in [5.41, 5.74) is 1.25. The van der Waals surface area contributed by atoms with Gasteiger partial charge in [-0.25, -0.2) is 4.98 Å². The maximum absolute atomic E-state index is 13.0. The Balaban J connectivity index is 2.32. The standard InChI is InChI=1S/C18H22N2O6S/c1-11-17(27-15(19-11)10-24-2)18(23)20(9-16(21)22)8-12-5-13(25-3)7-14(6-12)26-4/h5-7H,8-10H2,1-4H3,(H,21,22). The number of methoxy groups -OCH3 is 3. The maximum atomic E-state index is 13.0. The quantitative estimate of drug-likeness (QED) is 0.697. The number of ether oxygens (including phenoxy) is 3. The summed E-state index contributed by atoms with van der Waals surface area (Å²) in [5.74, 6) is -0.374. The first-order chi connectivity index (χ1) is 12.9. The number of aliphatic carboxylic acids is 1. The third-order valence-electron chi connectivity index (χ3n) is 3.70. The lowest BCUT2D eigenvalue weighted by atomic mass is 10.1. The monoisotopic (exact) mass is 394 g/mol. The Hall–Kier alpha value is -2.65. The normalized spacial score (nSPS) is 10.5. The molecule has 0 aliphatic carbocycles. The van der Waals surface area contributed by atoms with E-state index in [4.69, 9.17) is 14.2 Å². The van der Waals surface area contributed by atoms with E-state index in [9.17, 15) is 14.7 Å². The zero-order valence-corrected chi connectivity index (χ0v) is 16.5. The number of carboxylic acid groups (broad SMARTS) is 1. The average Bonchev–Trinajstić information content (AvgIpc) is 3.00. The SMILES string of the molecule is COCc1nc(C)c(C(=O)N(CC(=O)O)Cc2cc(OC)cc(OC)c2)s1. The summed E-state index contributed by atoms with van der Waals surface area (Å²) in [7, 11) is 4.60. The van der Waals surface area contributed by atoms with E-state index in [0.29, 0.717) is 39.2 Å². The Morgan fingerprint density at radius 1 is 1.15 bits per heavy atom. The van der Waals surface area contributed by atoms with Crippen molar-refractivity contribution in [3.63, 3.8) is 0 Å². The molecule has 0 bridgehead atoms. The number of carboxylic acids is 1. The minimum absolute atomic E-state index is 0.0929. The molecule has 0 unspecified atom stereocenters. The minimum Gasteiger partial charge on any atom is -0.497 e. The van der Waals surface area contributed by atoms with Crippen LogP contribution in [0.2, 0.25) is 0 Å². The molecule has 1 aromatic carbocycles. The molecule has 0 fully saturated rings. The van der Waals surface area contributed by atoms with Gasteiger partial charge in [-0.15, -0.1) is 11.3 Å². The summed E-state index contributed by atoms with van der Waals surface area (Å²) in [5, 5.41) is 9.91. The molecule has 0 spiro atoms. The second-order valence-electron chi connectivity index (χ2n) is 5.73. The Bertz CT molecular complexity index is 798. The molecule has 1 heterocycles. The number of hydrogen-bond donors (Lipinski definition) is 1. The molecule has 1 aromatic heterocycles. The second-order valence-corrected chi connectivity index (χ2v) is 6.81. The highest BCUT2D eigenvalue weighted by Gasteiger charge is 2.24. The molecular weight excluding hydrogens is 372 g/mol. The molecular formula is C18H22N2O6S. The number of carbonyl (C=O) groups excluding carboxylic acids is 1. The van der Waals surface area contributed by atoms with E-state index in [2.05, 4.69) is 4.98 Å². The van der Waals surface area contributed by atoms with Crippen molar-refractivity contribution in [1.29, 1.82) is 0 Å². The van der Waals surface area contributed by atoms with Gasteiger partial charge < -0.3 is 24.2 Å². The van der Waals surface area contributed by atoms with Crippen LogP contribution in [0.5, 0.6) is 11.5 Å². The number of nitrogens with zero attached hydrogens (tertiary/aromatic N) is 2. The molecule has 27 heavy (non-hydrogen) atoms. The summed E-state index contributed by atoms with van der Waals surface area (Å²) in [4.78, 5) is 30.2. The van der Waals surface area contributed by atoms with Gasteiger partial charge in [-0.1, -0.05) is 0 Å². The van der Waals surface area contributed by atoms with Crippen LogP contribution in [0.3, 0.4) is 0 Å².